The second-order valence-corrected chi connectivity index (χ2v) is 5.97. The smallest absolute Gasteiger partial charge is 0.280 e. The van der Waals surface area contributed by atoms with Crippen LogP contribution in [0.2, 0.25) is 0 Å². The number of carbonyl (C=O) groups is 1. The zero-order chi connectivity index (χ0) is 17.1. The molecule has 1 heterocycles. The van der Waals surface area contributed by atoms with Gasteiger partial charge in [0.15, 0.2) is 0 Å². The summed E-state index contributed by atoms with van der Waals surface area (Å²) in [6, 6.07) is 15.8. The van der Waals surface area contributed by atoms with E-state index in [1.165, 1.54) is 11.5 Å². The van der Waals surface area contributed by atoms with Gasteiger partial charge < -0.3 is 9.42 Å². The van der Waals surface area contributed by atoms with Crippen molar-refractivity contribution in [2.75, 3.05) is 7.05 Å². The molecule has 5 heteroatoms. The molecule has 1 aromatic heterocycles. The van der Waals surface area contributed by atoms with E-state index in [2.05, 4.69) is 35.5 Å². The number of hydrogen-bond donors (Lipinski definition) is 1. The molecule has 1 N–H and O–H groups in total. The second-order valence-electron chi connectivity index (χ2n) is 5.97. The molecule has 2 aromatic carbocycles. The molecular formula is C19H20N2O3. The van der Waals surface area contributed by atoms with Gasteiger partial charge in [0.2, 0.25) is 5.91 Å². The minimum Gasteiger partial charge on any atom is -0.384 e. The van der Waals surface area contributed by atoms with Gasteiger partial charge in [-0.2, -0.15) is 5.16 Å². The molecule has 0 spiro atoms. The minimum absolute atomic E-state index is 0.0134. The maximum Gasteiger partial charge on any atom is 0.280 e. The van der Waals surface area contributed by atoms with Crippen molar-refractivity contribution in [3.05, 3.63) is 70.2 Å². The van der Waals surface area contributed by atoms with Crippen molar-refractivity contribution in [1.82, 2.24) is 10.1 Å². The van der Waals surface area contributed by atoms with Crippen LogP contribution in [0.1, 0.15) is 30.7 Å². The molecule has 0 radical (unpaired) electrons. The van der Waals surface area contributed by atoms with Gasteiger partial charge in [-0.15, -0.1) is 0 Å². The third-order valence-electron chi connectivity index (χ3n) is 4.39. The standard InChI is InChI=1S/C19H20N2O3/c1-13(15-8-7-14-5-3-4-6-16(14)11-15)21(2)19(23)10-9-17-12-18(22)20-24-17/h3-8,11-13H,9-10H2,1-2H3,(H,20,22). The molecule has 3 aromatic rings. The van der Waals surface area contributed by atoms with Gasteiger partial charge in [0, 0.05) is 26.0 Å². The first kappa shape index (κ1) is 16.1. The summed E-state index contributed by atoms with van der Waals surface area (Å²) in [6.07, 6.45) is 0.710. The molecule has 1 unspecified atom stereocenters. The summed E-state index contributed by atoms with van der Waals surface area (Å²) in [7, 11) is 1.80. The first-order chi connectivity index (χ1) is 11.5. The highest BCUT2D eigenvalue weighted by Gasteiger charge is 2.18. The molecule has 0 aliphatic carbocycles. The van der Waals surface area contributed by atoms with Crippen molar-refractivity contribution in [2.45, 2.75) is 25.8 Å². The lowest BCUT2D eigenvalue weighted by molar-refractivity contribution is -0.131. The normalized spacial score (nSPS) is 12.2. The molecular weight excluding hydrogens is 304 g/mol. The Kier molecular flexibility index (Phi) is 4.51. The summed E-state index contributed by atoms with van der Waals surface area (Å²) in [5.74, 6) is 0.514. The molecule has 1 amide bonds. The number of aromatic nitrogens is 1. The second kappa shape index (κ2) is 6.74. The summed E-state index contributed by atoms with van der Waals surface area (Å²) in [5, 5.41) is 4.58. The van der Waals surface area contributed by atoms with Crippen LogP contribution in [0.3, 0.4) is 0 Å². The van der Waals surface area contributed by atoms with E-state index in [-0.39, 0.29) is 17.5 Å². The maximum absolute atomic E-state index is 12.4. The Bertz CT molecular complexity index is 910. The number of aryl methyl sites for hydroxylation is 1. The van der Waals surface area contributed by atoms with Crippen LogP contribution < -0.4 is 5.56 Å². The van der Waals surface area contributed by atoms with E-state index in [0.29, 0.717) is 18.6 Å². The Morgan fingerprint density at radius 3 is 2.62 bits per heavy atom. The highest BCUT2D eigenvalue weighted by molar-refractivity contribution is 5.83. The highest BCUT2D eigenvalue weighted by Crippen LogP contribution is 2.24. The Labute approximate surface area is 139 Å². The number of hydrogen-bond acceptors (Lipinski definition) is 3. The van der Waals surface area contributed by atoms with Gasteiger partial charge in [-0.05, 0) is 29.3 Å². The van der Waals surface area contributed by atoms with Gasteiger partial charge in [0.1, 0.15) is 5.76 Å². The van der Waals surface area contributed by atoms with E-state index in [9.17, 15) is 9.59 Å². The number of H-pyrrole nitrogens is 1. The van der Waals surface area contributed by atoms with E-state index in [1.54, 1.807) is 11.9 Å². The molecule has 124 valence electrons. The molecule has 5 nitrogen and oxygen atoms in total. The molecule has 0 fully saturated rings. The van der Waals surface area contributed by atoms with Crippen LogP contribution in [-0.2, 0) is 11.2 Å². The van der Waals surface area contributed by atoms with Crippen LogP contribution in [0.25, 0.3) is 10.8 Å². The number of nitrogens with one attached hydrogen (secondary N) is 1. The van der Waals surface area contributed by atoms with E-state index in [4.69, 9.17) is 4.52 Å². The van der Waals surface area contributed by atoms with Gasteiger partial charge in [-0.3, -0.25) is 9.59 Å². The summed E-state index contributed by atoms with van der Waals surface area (Å²) in [6.45, 7) is 2.01. The van der Waals surface area contributed by atoms with E-state index in [1.807, 2.05) is 19.1 Å². The number of benzene rings is 2. The Hall–Kier alpha value is -2.82. The third-order valence-corrected chi connectivity index (χ3v) is 4.39. The lowest BCUT2D eigenvalue weighted by atomic mass is 10.0. The van der Waals surface area contributed by atoms with Crippen LogP contribution in [0.4, 0.5) is 0 Å². The van der Waals surface area contributed by atoms with Gasteiger partial charge in [0.25, 0.3) is 5.56 Å². The Morgan fingerprint density at radius 2 is 1.92 bits per heavy atom. The van der Waals surface area contributed by atoms with Gasteiger partial charge in [0.05, 0.1) is 6.04 Å². The summed E-state index contributed by atoms with van der Waals surface area (Å²) in [4.78, 5) is 25.2. The fourth-order valence-electron chi connectivity index (χ4n) is 2.76. The van der Waals surface area contributed by atoms with Crippen LogP contribution in [-0.4, -0.2) is 23.0 Å². The monoisotopic (exact) mass is 324 g/mol. The number of carbonyl (C=O) groups excluding carboxylic acids is 1. The van der Waals surface area contributed by atoms with Crippen molar-refractivity contribution >= 4 is 16.7 Å². The van der Waals surface area contributed by atoms with Crippen molar-refractivity contribution in [2.24, 2.45) is 0 Å². The van der Waals surface area contributed by atoms with E-state index < -0.39 is 0 Å². The van der Waals surface area contributed by atoms with Crippen LogP contribution in [0.15, 0.2) is 57.8 Å². The largest absolute Gasteiger partial charge is 0.384 e. The SMILES string of the molecule is CC(c1ccc2ccccc2c1)N(C)C(=O)CCc1cc(=O)[nH]o1. The van der Waals surface area contributed by atoms with Crippen molar-refractivity contribution in [3.8, 4) is 0 Å². The molecule has 0 aliphatic heterocycles. The highest BCUT2D eigenvalue weighted by atomic mass is 16.5. The van der Waals surface area contributed by atoms with Crippen molar-refractivity contribution in [3.63, 3.8) is 0 Å². The lowest BCUT2D eigenvalue weighted by Crippen LogP contribution is -2.29. The summed E-state index contributed by atoms with van der Waals surface area (Å²) < 4.78 is 4.98. The van der Waals surface area contributed by atoms with Crippen LogP contribution in [0.5, 0.6) is 0 Å². The quantitative estimate of drug-likeness (QED) is 0.783. The van der Waals surface area contributed by atoms with E-state index in [0.717, 1.165) is 10.9 Å². The lowest BCUT2D eigenvalue weighted by Gasteiger charge is -2.25. The van der Waals surface area contributed by atoms with Gasteiger partial charge >= 0.3 is 0 Å². The number of aromatic amines is 1. The van der Waals surface area contributed by atoms with Crippen molar-refractivity contribution < 1.29 is 9.32 Å². The predicted octanol–water partition coefficient (Wildman–Crippen LogP) is 3.27. The topological polar surface area (TPSA) is 66.3 Å². The average Bonchev–Trinajstić information content (AvgIpc) is 3.03. The summed E-state index contributed by atoms with van der Waals surface area (Å²) in [5.41, 5.74) is 0.813. The zero-order valence-electron chi connectivity index (χ0n) is 13.8. The van der Waals surface area contributed by atoms with Crippen molar-refractivity contribution in [1.29, 1.82) is 0 Å². The third kappa shape index (κ3) is 3.40. The average molecular weight is 324 g/mol. The maximum atomic E-state index is 12.4. The molecule has 24 heavy (non-hydrogen) atoms. The van der Waals surface area contributed by atoms with Crippen LogP contribution >= 0.6 is 0 Å². The molecule has 0 saturated heterocycles. The molecule has 0 bridgehead atoms. The van der Waals surface area contributed by atoms with Crippen LogP contribution in [0, 0.1) is 0 Å². The Morgan fingerprint density at radius 1 is 1.17 bits per heavy atom. The first-order valence-electron chi connectivity index (χ1n) is 7.96. The molecule has 3 rings (SSSR count). The minimum atomic E-state index is -0.282. The fraction of sp³-hybridized carbons (Fsp3) is 0.263. The number of amides is 1. The van der Waals surface area contributed by atoms with Gasteiger partial charge in [-0.25, -0.2) is 0 Å². The first-order valence-corrected chi connectivity index (χ1v) is 7.96. The van der Waals surface area contributed by atoms with E-state index >= 15 is 0 Å². The fourth-order valence-corrected chi connectivity index (χ4v) is 2.76. The molecule has 0 aliphatic rings. The predicted molar refractivity (Wildman–Crippen MR) is 92.8 cm³/mol. The molecule has 0 saturated carbocycles. The van der Waals surface area contributed by atoms with Gasteiger partial charge in [-0.1, -0.05) is 36.4 Å². The number of fused-ring (bicyclic) bond motifs is 1. The Balaban J connectivity index is 1.68. The number of rotatable bonds is 5. The number of nitrogens with zero attached hydrogens (tertiary/aromatic N) is 1. The molecule has 1 atom stereocenters. The zero-order valence-corrected chi connectivity index (χ0v) is 13.8. The summed E-state index contributed by atoms with van der Waals surface area (Å²) >= 11 is 0.